The SMILES string of the molecule is COc1ccccc1NC(=O)c1cccc(N2CCN[C@@H](c3ccccc3)C2)n1. The zero-order valence-electron chi connectivity index (χ0n) is 16.3. The highest BCUT2D eigenvalue weighted by molar-refractivity contribution is 6.03. The second-order valence-electron chi connectivity index (χ2n) is 6.90. The molecule has 2 heterocycles. The predicted molar refractivity (Wildman–Crippen MR) is 115 cm³/mol. The molecule has 6 nitrogen and oxygen atoms in total. The fourth-order valence-electron chi connectivity index (χ4n) is 3.53. The molecule has 2 aromatic carbocycles. The number of nitrogens with one attached hydrogen (secondary N) is 2. The largest absolute Gasteiger partial charge is 0.495 e. The Bertz CT molecular complexity index is 977. The molecule has 29 heavy (non-hydrogen) atoms. The monoisotopic (exact) mass is 388 g/mol. The third-order valence-electron chi connectivity index (χ3n) is 5.02. The van der Waals surface area contributed by atoms with Crippen molar-refractivity contribution in [2.45, 2.75) is 6.04 Å². The first-order valence-electron chi connectivity index (χ1n) is 9.69. The Balaban J connectivity index is 1.50. The summed E-state index contributed by atoms with van der Waals surface area (Å²) in [6.45, 7) is 2.50. The number of anilines is 2. The summed E-state index contributed by atoms with van der Waals surface area (Å²) in [4.78, 5) is 19.6. The number of piperazine rings is 1. The third-order valence-corrected chi connectivity index (χ3v) is 5.02. The van der Waals surface area contributed by atoms with Crippen molar-refractivity contribution in [2.24, 2.45) is 0 Å². The van der Waals surface area contributed by atoms with Gasteiger partial charge in [0.15, 0.2) is 0 Å². The van der Waals surface area contributed by atoms with Gasteiger partial charge in [-0.15, -0.1) is 0 Å². The van der Waals surface area contributed by atoms with Crippen molar-refractivity contribution < 1.29 is 9.53 Å². The molecule has 0 saturated carbocycles. The highest BCUT2D eigenvalue weighted by Crippen LogP contribution is 2.24. The van der Waals surface area contributed by atoms with Gasteiger partial charge in [-0.3, -0.25) is 4.79 Å². The maximum absolute atomic E-state index is 12.7. The number of carbonyl (C=O) groups excluding carboxylic acids is 1. The first-order chi connectivity index (χ1) is 14.2. The molecular weight excluding hydrogens is 364 g/mol. The van der Waals surface area contributed by atoms with Crippen LogP contribution in [0, 0.1) is 0 Å². The third kappa shape index (κ3) is 4.38. The number of amides is 1. The van der Waals surface area contributed by atoms with Crippen LogP contribution < -0.4 is 20.3 Å². The van der Waals surface area contributed by atoms with E-state index in [4.69, 9.17) is 4.74 Å². The summed E-state index contributed by atoms with van der Waals surface area (Å²) in [6.07, 6.45) is 0. The van der Waals surface area contributed by atoms with Crippen molar-refractivity contribution in [2.75, 3.05) is 37.0 Å². The molecule has 1 saturated heterocycles. The van der Waals surface area contributed by atoms with E-state index in [0.717, 1.165) is 25.5 Å². The normalized spacial score (nSPS) is 16.3. The number of benzene rings is 2. The predicted octanol–water partition coefficient (Wildman–Crippen LogP) is 3.49. The number of hydrogen-bond donors (Lipinski definition) is 2. The molecule has 1 fully saturated rings. The van der Waals surface area contributed by atoms with Gasteiger partial charge < -0.3 is 20.3 Å². The number of hydrogen-bond acceptors (Lipinski definition) is 5. The smallest absolute Gasteiger partial charge is 0.274 e. The van der Waals surface area contributed by atoms with Crippen LogP contribution in [-0.2, 0) is 0 Å². The van der Waals surface area contributed by atoms with Crippen LogP contribution in [-0.4, -0.2) is 37.6 Å². The fourth-order valence-corrected chi connectivity index (χ4v) is 3.53. The van der Waals surface area contributed by atoms with Gasteiger partial charge in [-0.25, -0.2) is 4.98 Å². The van der Waals surface area contributed by atoms with E-state index in [9.17, 15) is 4.79 Å². The first kappa shape index (κ1) is 19.0. The fraction of sp³-hybridized carbons (Fsp3) is 0.217. The van der Waals surface area contributed by atoms with Crippen LogP contribution in [0.25, 0.3) is 0 Å². The Morgan fingerprint density at radius 1 is 1.07 bits per heavy atom. The van der Waals surface area contributed by atoms with E-state index in [1.54, 1.807) is 19.2 Å². The van der Waals surface area contributed by atoms with Crippen molar-refractivity contribution in [1.82, 2.24) is 10.3 Å². The molecule has 1 aliphatic rings. The second-order valence-corrected chi connectivity index (χ2v) is 6.90. The minimum absolute atomic E-state index is 0.234. The van der Waals surface area contributed by atoms with Crippen molar-refractivity contribution in [3.05, 3.63) is 84.1 Å². The number of rotatable bonds is 5. The molecular formula is C23H24N4O2. The molecule has 2 N–H and O–H groups in total. The van der Waals surface area contributed by atoms with Crippen LogP contribution in [0.3, 0.4) is 0 Å². The molecule has 6 heteroatoms. The minimum atomic E-state index is -0.258. The lowest BCUT2D eigenvalue weighted by Gasteiger charge is -2.35. The average molecular weight is 388 g/mol. The summed E-state index contributed by atoms with van der Waals surface area (Å²) in [5.74, 6) is 1.16. The molecule has 0 spiro atoms. The number of pyridine rings is 1. The molecule has 1 aliphatic heterocycles. The Kier molecular flexibility index (Phi) is 5.72. The summed E-state index contributed by atoms with van der Waals surface area (Å²) in [5.41, 5.74) is 2.25. The number of nitrogens with zero attached hydrogens (tertiary/aromatic N) is 2. The van der Waals surface area contributed by atoms with Crippen molar-refractivity contribution >= 4 is 17.4 Å². The van der Waals surface area contributed by atoms with E-state index in [0.29, 0.717) is 17.1 Å². The Morgan fingerprint density at radius 3 is 2.69 bits per heavy atom. The molecule has 1 aromatic heterocycles. The zero-order chi connectivity index (χ0) is 20.1. The van der Waals surface area contributed by atoms with Gasteiger partial charge in [0.25, 0.3) is 5.91 Å². The standard InChI is InChI=1S/C23H24N4O2/c1-29-21-12-6-5-10-18(21)26-23(28)19-11-7-13-22(25-19)27-15-14-24-20(16-27)17-8-3-2-4-9-17/h2-13,20,24H,14-16H2,1H3,(H,26,28)/t20-/m1/s1. The molecule has 1 atom stereocenters. The van der Waals surface area contributed by atoms with E-state index in [1.165, 1.54) is 5.56 Å². The van der Waals surface area contributed by atoms with Gasteiger partial charge in [-0.05, 0) is 29.8 Å². The van der Waals surface area contributed by atoms with Gasteiger partial charge >= 0.3 is 0 Å². The number of methoxy groups -OCH3 is 1. The molecule has 0 unspecified atom stereocenters. The highest BCUT2D eigenvalue weighted by atomic mass is 16.5. The molecule has 3 aromatic rings. The van der Waals surface area contributed by atoms with E-state index in [2.05, 4.69) is 44.8 Å². The van der Waals surface area contributed by atoms with E-state index in [1.807, 2.05) is 36.4 Å². The number of carbonyl (C=O) groups is 1. The second kappa shape index (κ2) is 8.75. The molecule has 0 aliphatic carbocycles. The van der Waals surface area contributed by atoms with Crippen LogP contribution in [0.2, 0.25) is 0 Å². The number of para-hydroxylation sites is 2. The van der Waals surface area contributed by atoms with Gasteiger partial charge in [0.05, 0.1) is 12.8 Å². The van der Waals surface area contributed by atoms with Crippen molar-refractivity contribution in [3.8, 4) is 5.75 Å². The lowest BCUT2D eigenvalue weighted by atomic mass is 10.0. The first-order valence-corrected chi connectivity index (χ1v) is 9.69. The maximum atomic E-state index is 12.7. The van der Waals surface area contributed by atoms with Gasteiger partial charge in [0, 0.05) is 25.7 Å². The molecule has 148 valence electrons. The van der Waals surface area contributed by atoms with Gasteiger partial charge in [0.2, 0.25) is 0 Å². The average Bonchev–Trinajstić information content (AvgIpc) is 2.80. The lowest BCUT2D eigenvalue weighted by Crippen LogP contribution is -2.46. The minimum Gasteiger partial charge on any atom is -0.495 e. The topological polar surface area (TPSA) is 66.5 Å². The Morgan fingerprint density at radius 2 is 1.86 bits per heavy atom. The zero-order valence-corrected chi connectivity index (χ0v) is 16.3. The van der Waals surface area contributed by atoms with Crippen molar-refractivity contribution in [1.29, 1.82) is 0 Å². The van der Waals surface area contributed by atoms with Crippen LogP contribution in [0.15, 0.2) is 72.8 Å². The van der Waals surface area contributed by atoms with Crippen LogP contribution >= 0.6 is 0 Å². The maximum Gasteiger partial charge on any atom is 0.274 e. The summed E-state index contributed by atoms with van der Waals surface area (Å²) >= 11 is 0. The molecule has 0 radical (unpaired) electrons. The van der Waals surface area contributed by atoms with Gasteiger partial charge in [0.1, 0.15) is 17.3 Å². The van der Waals surface area contributed by atoms with Crippen molar-refractivity contribution in [3.63, 3.8) is 0 Å². The summed E-state index contributed by atoms with van der Waals surface area (Å²) in [6, 6.07) is 23.5. The van der Waals surface area contributed by atoms with E-state index >= 15 is 0 Å². The van der Waals surface area contributed by atoms with Crippen LogP contribution in [0.5, 0.6) is 5.75 Å². The highest BCUT2D eigenvalue weighted by Gasteiger charge is 2.22. The van der Waals surface area contributed by atoms with E-state index < -0.39 is 0 Å². The number of ether oxygens (including phenoxy) is 1. The number of aromatic nitrogens is 1. The quantitative estimate of drug-likeness (QED) is 0.700. The van der Waals surface area contributed by atoms with Crippen LogP contribution in [0.1, 0.15) is 22.1 Å². The molecule has 0 bridgehead atoms. The Labute approximate surface area is 170 Å². The van der Waals surface area contributed by atoms with E-state index in [-0.39, 0.29) is 11.9 Å². The summed E-state index contributed by atoms with van der Waals surface area (Å²) in [5, 5.41) is 6.44. The molecule has 4 rings (SSSR count). The summed E-state index contributed by atoms with van der Waals surface area (Å²) < 4.78 is 5.30. The van der Waals surface area contributed by atoms with Crippen LogP contribution in [0.4, 0.5) is 11.5 Å². The summed E-state index contributed by atoms with van der Waals surface area (Å²) in [7, 11) is 1.58. The Hall–Kier alpha value is -3.38. The van der Waals surface area contributed by atoms with Gasteiger partial charge in [-0.1, -0.05) is 48.5 Å². The lowest BCUT2D eigenvalue weighted by molar-refractivity contribution is 0.102. The van der Waals surface area contributed by atoms with Gasteiger partial charge in [-0.2, -0.15) is 0 Å². The molecule has 1 amide bonds.